The molecule has 0 atom stereocenters. The van der Waals surface area contributed by atoms with Crippen molar-refractivity contribution in [2.24, 2.45) is 0 Å². The number of alkyl halides is 3. The standard InChI is InChI=1S/C19H15F3N2O2/c20-19(21,22)10-13-1-4-15(5-2-13)18-23-7-8-24(18)11-14-3-6-16-17(9-14)26-12-25-16/h1-9H,10-12H2. The third-order valence-electron chi connectivity index (χ3n) is 4.12. The van der Waals surface area contributed by atoms with Crippen LogP contribution in [0, 0.1) is 0 Å². The summed E-state index contributed by atoms with van der Waals surface area (Å²) in [6.07, 6.45) is -1.63. The molecule has 2 aromatic carbocycles. The summed E-state index contributed by atoms with van der Waals surface area (Å²) < 4.78 is 50.1. The van der Waals surface area contributed by atoms with Gasteiger partial charge in [-0.05, 0) is 23.3 Å². The SMILES string of the molecule is FC(F)(F)Cc1ccc(-c2nccn2Cc2ccc3c(c2)OCO3)cc1. The van der Waals surface area contributed by atoms with E-state index < -0.39 is 12.6 Å². The zero-order chi connectivity index (χ0) is 18.1. The van der Waals surface area contributed by atoms with Crippen LogP contribution >= 0.6 is 0 Å². The van der Waals surface area contributed by atoms with Gasteiger partial charge in [0.05, 0.1) is 6.42 Å². The average Bonchev–Trinajstić information content (AvgIpc) is 3.23. The van der Waals surface area contributed by atoms with Crippen LogP contribution in [0.25, 0.3) is 11.4 Å². The van der Waals surface area contributed by atoms with Gasteiger partial charge in [0, 0.05) is 24.5 Å². The lowest BCUT2D eigenvalue weighted by molar-refractivity contribution is -0.127. The Morgan fingerprint density at radius 1 is 0.962 bits per heavy atom. The molecule has 1 aliphatic heterocycles. The Morgan fingerprint density at radius 3 is 2.46 bits per heavy atom. The number of nitrogens with zero attached hydrogens (tertiary/aromatic N) is 2. The summed E-state index contributed by atoms with van der Waals surface area (Å²) in [5.41, 5.74) is 2.01. The number of halogens is 3. The van der Waals surface area contributed by atoms with E-state index in [0.717, 1.165) is 16.9 Å². The highest BCUT2D eigenvalue weighted by Gasteiger charge is 2.27. The second-order valence-electron chi connectivity index (χ2n) is 6.06. The second-order valence-corrected chi connectivity index (χ2v) is 6.06. The number of hydrogen-bond donors (Lipinski definition) is 0. The number of hydrogen-bond acceptors (Lipinski definition) is 3. The van der Waals surface area contributed by atoms with E-state index >= 15 is 0 Å². The fourth-order valence-electron chi connectivity index (χ4n) is 2.94. The van der Waals surface area contributed by atoms with Gasteiger partial charge >= 0.3 is 6.18 Å². The minimum absolute atomic E-state index is 0.222. The number of ether oxygens (including phenoxy) is 2. The highest BCUT2D eigenvalue weighted by Crippen LogP contribution is 2.33. The molecule has 0 unspecified atom stereocenters. The molecule has 0 saturated carbocycles. The van der Waals surface area contributed by atoms with Gasteiger partial charge < -0.3 is 14.0 Å². The van der Waals surface area contributed by atoms with Crippen LogP contribution in [0.2, 0.25) is 0 Å². The number of aromatic nitrogens is 2. The van der Waals surface area contributed by atoms with Crippen molar-refractivity contribution >= 4 is 0 Å². The summed E-state index contributed by atoms with van der Waals surface area (Å²) in [4.78, 5) is 4.34. The molecule has 0 spiro atoms. The fourth-order valence-corrected chi connectivity index (χ4v) is 2.94. The molecule has 0 radical (unpaired) electrons. The molecule has 4 rings (SSSR count). The zero-order valence-electron chi connectivity index (χ0n) is 13.7. The Bertz CT molecular complexity index is 917. The van der Waals surface area contributed by atoms with E-state index in [4.69, 9.17) is 9.47 Å². The topological polar surface area (TPSA) is 36.3 Å². The van der Waals surface area contributed by atoms with Gasteiger partial charge in [-0.25, -0.2) is 4.98 Å². The summed E-state index contributed by atoms with van der Waals surface area (Å²) in [5.74, 6) is 2.13. The molecule has 4 nitrogen and oxygen atoms in total. The maximum Gasteiger partial charge on any atom is 0.393 e. The number of benzene rings is 2. The molecule has 0 fully saturated rings. The quantitative estimate of drug-likeness (QED) is 0.691. The Hall–Kier alpha value is -2.96. The maximum atomic E-state index is 12.5. The molecule has 0 saturated heterocycles. The Morgan fingerprint density at radius 2 is 1.69 bits per heavy atom. The fraction of sp³-hybridized carbons (Fsp3) is 0.211. The molecule has 2 heterocycles. The van der Waals surface area contributed by atoms with Crippen molar-refractivity contribution in [1.29, 1.82) is 0 Å². The predicted molar refractivity (Wildman–Crippen MR) is 89.1 cm³/mol. The summed E-state index contributed by atoms with van der Waals surface area (Å²) in [5, 5.41) is 0. The smallest absolute Gasteiger partial charge is 0.393 e. The zero-order valence-corrected chi connectivity index (χ0v) is 13.7. The van der Waals surface area contributed by atoms with E-state index in [1.807, 2.05) is 29.0 Å². The third-order valence-corrected chi connectivity index (χ3v) is 4.12. The van der Waals surface area contributed by atoms with Crippen LogP contribution in [-0.4, -0.2) is 22.5 Å². The summed E-state index contributed by atoms with van der Waals surface area (Å²) in [6.45, 7) is 0.787. The van der Waals surface area contributed by atoms with Crippen molar-refractivity contribution in [2.45, 2.75) is 19.1 Å². The highest BCUT2D eigenvalue weighted by molar-refractivity contribution is 5.56. The number of rotatable bonds is 4. The van der Waals surface area contributed by atoms with E-state index in [2.05, 4.69) is 4.98 Å². The largest absolute Gasteiger partial charge is 0.454 e. The lowest BCUT2D eigenvalue weighted by Crippen LogP contribution is -2.11. The van der Waals surface area contributed by atoms with Gasteiger partial charge in [-0.2, -0.15) is 13.2 Å². The first-order valence-electron chi connectivity index (χ1n) is 8.04. The van der Waals surface area contributed by atoms with E-state index in [-0.39, 0.29) is 12.4 Å². The van der Waals surface area contributed by atoms with Crippen molar-refractivity contribution in [1.82, 2.24) is 9.55 Å². The minimum atomic E-state index is -4.21. The Balaban J connectivity index is 1.55. The predicted octanol–water partition coefficient (Wildman–Crippen LogP) is 4.43. The van der Waals surface area contributed by atoms with Gasteiger partial charge in [0.1, 0.15) is 5.82 Å². The van der Waals surface area contributed by atoms with Crippen LogP contribution in [-0.2, 0) is 13.0 Å². The first-order chi connectivity index (χ1) is 12.5. The molecule has 3 aromatic rings. The van der Waals surface area contributed by atoms with Crippen LogP contribution in [0.5, 0.6) is 11.5 Å². The van der Waals surface area contributed by atoms with Crippen molar-refractivity contribution in [3.05, 3.63) is 66.0 Å². The molecule has 1 aliphatic rings. The molecule has 1 aromatic heterocycles. The molecule has 0 bridgehead atoms. The molecule has 0 N–H and O–H groups in total. The lowest BCUT2D eigenvalue weighted by Gasteiger charge is -2.10. The molecule has 26 heavy (non-hydrogen) atoms. The van der Waals surface area contributed by atoms with Gasteiger partial charge in [0.25, 0.3) is 0 Å². The molecule has 7 heteroatoms. The summed E-state index contributed by atoms with van der Waals surface area (Å²) >= 11 is 0. The minimum Gasteiger partial charge on any atom is -0.454 e. The number of imidazole rings is 1. The van der Waals surface area contributed by atoms with Crippen LogP contribution in [0.15, 0.2) is 54.9 Å². The van der Waals surface area contributed by atoms with Gasteiger partial charge in [0.15, 0.2) is 11.5 Å². The molecular formula is C19H15F3N2O2. The van der Waals surface area contributed by atoms with Crippen molar-refractivity contribution in [3.63, 3.8) is 0 Å². The number of fused-ring (bicyclic) bond motifs is 1. The second kappa shape index (κ2) is 6.40. The van der Waals surface area contributed by atoms with E-state index in [1.54, 1.807) is 18.3 Å². The Kier molecular flexibility index (Phi) is 4.06. The first kappa shape index (κ1) is 16.5. The van der Waals surface area contributed by atoms with Crippen LogP contribution in [0.3, 0.4) is 0 Å². The first-order valence-corrected chi connectivity index (χ1v) is 8.04. The summed E-state index contributed by atoms with van der Waals surface area (Å²) in [6, 6.07) is 12.0. The van der Waals surface area contributed by atoms with E-state index in [1.165, 1.54) is 12.1 Å². The Labute approximate surface area is 147 Å². The van der Waals surface area contributed by atoms with Crippen LogP contribution in [0.4, 0.5) is 13.2 Å². The van der Waals surface area contributed by atoms with Crippen molar-refractivity contribution in [2.75, 3.05) is 6.79 Å². The molecule has 0 amide bonds. The average molecular weight is 360 g/mol. The third kappa shape index (κ3) is 3.51. The molecular weight excluding hydrogens is 345 g/mol. The monoisotopic (exact) mass is 360 g/mol. The normalized spacial score (nSPS) is 13.2. The van der Waals surface area contributed by atoms with Gasteiger partial charge in [0.2, 0.25) is 6.79 Å². The van der Waals surface area contributed by atoms with Gasteiger partial charge in [-0.3, -0.25) is 0 Å². The van der Waals surface area contributed by atoms with E-state index in [0.29, 0.717) is 18.1 Å². The van der Waals surface area contributed by atoms with Crippen LogP contribution in [0.1, 0.15) is 11.1 Å². The highest BCUT2D eigenvalue weighted by atomic mass is 19.4. The summed E-state index contributed by atoms with van der Waals surface area (Å²) in [7, 11) is 0. The van der Waals surface area contributed by atoms with Gasteiger partial charge in [-0.1, -0.05) is 30.3 Å². The lowest BCUT2D eigenvalue weighted by atomic mass is 10.1. The van der Waals surface area contributed by atoms with Gasteiger partial charge in [-0.15, -0.1) is 0 Å². The van der Waals surface area contributed by atoms with Crippen molar-refractivity contribution < 1.29 is 22.6 Å². The maximum absolute atomic E-state index is 12.5. The molecule has 0 aliphatic carbocycles. The van der Waals surface area contributed by atoms with Crippen LogP contribution < -0.4 is 9.47 Å². The molecule has 134 valence electrons. The van der Waals surface area contributed by atoms with Crippen molar-refractivity contribution in [3.8, 4) is 22.9 Å². The van der Waals surface area contributed by atoms with E-state index in [9.17, 15) is 13.2 Å².